The Bertz CT molecular complexity index is 1800. The molecule has 4 heterocycles. The molecule has 2 aromatic carbocycles. The van der Waals surface area contributed by atoms with Crippen LogP contribution in [0.2, 0.25) is 5.02 Å². The van der Waals surface area contributed by atoms with Gasteiger partial charge < -0.3 is 23.8 Å². The van der Waals surface area contributed by atoms with Gasteiger partial charge in [-0.2, -0.15) is 0 Å². The molecule has 1 aliphatic heterocycles. The molecule has 5 aromatic rings. The quantitative estimate of drug-likeness (QED) is 0.251. The van der Waals surface area contributed by atoms with Gasteiger partial charge in [0.1, 0.15) is 21.0 Å². The Morgan fingerprint density at radius 1 is 1.10 bits per heavy atom. The molecule has 0 unspecified atom stereocenters. The number of aromatic nitrogens is 4. The van der Waals surface area contributed by atoms with E-state index in [9.17, 15) is 4.79 Å². The predicted octanol–water partition coefficient (Wildman–Crippen LogP) is 5.71. The maximum Gasteiger partial charge on any atom is 0.417 e. The zero-order valence-electron chi connectivity index (χ0n) is 22.8. The number of fused-ring (bicyclic) bond motifs is 4. The summed E-state index contributed by atoms with van der Waals surface area (Å²) >= 11 is 8.05. The number of pyridine rings is 1. The Balaban J connectivity index is 1.26. The van der Waals surface area contributed by atoms with Crippen molar-refractivity contribution in [1.82, 2.24) is 19.9 Å². The van der Waals surface area contributed by atoms with Gasteiger partial charge in [-0.25, -0.2) is 24.7 Å². The van der Waals surface area contributed by atoms with Crippen LogP contribution in [0.15, 0.2) is 42.7 Å². The third-order valence-corrected chi connectivity index (χ3v) is 7.83. The van der Waals surface area contributed by atoms with Gasteiger partial charge in [-0.3, -0.25) is 4.90 Å². The lowest BCUT2D eigenvalue weighted by molar-refractivity contribution is -0.0717. The fourth-order valence-electron chi connectivity index (χ4n) is 4.37. The first-order valence-corrected chi connectivity index (χ1v) is 13.7. The Hall–Kier alpha value is -4.42. The first-order chi connectivity index (χ1) is 19.7. The molecule has 0 N–H and O–H groups in total. The normalized spacial score (nSPS) is 14.2. The largest absolute Gasteiger partial charge is 0.480 e. The summed E-state index contributed by atoms with van der Waals surface area (Å²) in [6.45, 7) is 1.98. The highest BCUT2D eigenvalue weighted by Gasteiger charge is 2.30. The number of hydrogen-bond acceptors (Lipinski definition) is 11. The molecule has 13 heteroatoms. The fraction of sp³-hybridized carbons (Fsp3) is 0.250. The van der Waals surface area contributed by atoms with Gasteiger partial charge in [0.2, 0.25) is 5.88 Å². The minimum Gasteiger partial charge on any atom is -0.480 e. The number of aryl methyl sites for hydroxylation is 1. The first kappa shape index (κ1) is 26.8. The molecule has 210 valence electrons. The number of carbonyl (C=O) groups is 1. The first-order valence-electron chi connectivity index (χ1n) is 12.5. The molecule has 1 aliphatic rings. The van der Waals surface area contributed by atoms with Crippen molar-refractivity contribution in [3.8, 4) is 28.0 Å². The molecule has 1 amide bonds. The second-order valence-electron chi connectivity index (χ2n) is 9.55. The van der Waals surface area contributed by atoms with E-state index < -0.39 is 12.4 Å². The van der Waals surface area contributed by atoms with Crippen molar-refractivity contribution in [3.05, 3.63) is 53.3 Å². The van der Waals surface area contributed by atoms with Gasteiger partial charge in [0.15, 0.2) is 18.1 Å². The van der Waals surface area contributed by atoms with Crippen LogP contribution in [0.1, 0.15) is 5.56 Å². The summed E-state index contributed by atoms with van der Waals surface area (Å²) in [6, 6.07) is 9.18. The number of halogens is 1. The molecular formula is C28H25ClN6O5S. The van der Waals surface area contributed by atoms with E-state index in [-0.39, 0.29) is 6.61 Å². The van der Waals surface area contributed by atoms with Crippen LogP contribution in [-0.4, -0.2) is 67.2 Å². The second kappa shape index (κ2) is 10.5. The smallest absolute Gasteiger partial charge is 0.417 e. The lowest BCUT2D eigenvalue weighted by Gasteiger charge is -2.28. The average Bonchev–Trinajstić information content (AvgIpc) is 3.42. The summed E-state index contributed by atoms with van der Waals surface area (Å²) < 4.78 is 23.6. The van der Waals surface area contributed by atoms with E-state index in [4.69, 9.17) is 35.5 Å². The lowest BCUT2D eigenvalue weighted by atomic mass is 10.1. The third-order valence-electron chi connectivity index (χ3n) is 6.46. The summed E-state index contributed by atoms with van der Waals surface area (Å²) in [5.74, 6) is 2.05. The monoisotopic (exact) mass is 592 g/mol. The van der Waals surface area contributed by atoms with E-state index in [0.717, 1.165) is 16.9 Å². The molecule has 0 saturated carbocycles. The molecule has 0 fully saturated rings. The van der Waals surface area contributed by atoms with Crippen LogP contribution in [-0.2, 0) is 4.74 Å². The number of methoxy groups -OCH3 is 1. The molecule has 11 nitrogen and oxygen atoms in total. The molecule has 6 rings (SSSR count). The maximum atomic E-state index is 12.8. The van der Waals surface area contributed by atoms with Crippen molar-refractivity contribution >= 4 is 61.8 Å². The Labute approximate surface area is 244 Å². The summed E-state index contributed by atoms with van der Waals surface area (Å²) in [7, 11) is 6.93. The summed E-state index contributed by atoms with van der Waals surface area (Å²) in [5.41, 5.74) is 4.37. The fourth-order valence-corrected chi connectivity index (χ4v) is 5.76. The van der Waals surface area contributed by atoms with Crippen LogP contribution < -0.4 is 24.0 Å². The Morgan fingerprint density at radius 3 is 2.66 bits per heavy atom. The van der Waals surface area contributed by atoms with E-state index in [2.05, 4.69) is 15.0 Å². The second-order valence-corrected chi connectivity index (χ2v) is 11.0. The summed E-state index contributed by atoms with van der Waals surface area (Å²) in [6.07, 6.45) is 1.59. The SMILES string of the molecule is COc1cnc2c(-c3nc4c(Cl)cc5c(c4s3)OC[C@@H](OC(=O)N(C)c3ccc(N(C)C)nc3)O5)cc(C)cc2n1. The zero-order chi connectivity index (χ0) is 28.8. The summed E-state index contributed by atoms with van der Waals surface area (Å²) in [5, 5.41) is 1.09. The van der Waals surface area contributed by atoms with Gasteiger partial charge in [0, 0.05) is 32.8 Å². The van der Waals surface area contributed by atoms with Crippen molar-refractivity contribution < 1.29 is 23.7 Å². The molecular weight excluding hydrogens is 568 g/mol. The number of amides is 1. The Morgan fingerprint density at radius 2 is 1.93 bits per heavy atom. The van der Waals surface area contributed by atoms with Crippen LogP contribution in [0.3, 0.4) is 0 Å². The third kappa shape index (κ3) is 5.00. The van der Waals surface area contributed by atoms with E-state index in [1.807, 2.05) is 44.1 Å². The number of rotatable bonds is 5. The van der Waals surface area contributed by atoms with Crippen LogP contribution in [0.25, 0.3) is 31.8 Å². The van der Waals surface area contributed by atoms with E-state index in [0.29, 0.717) is 54.3 Å². The number of ether oxygens (including phenoxy) is 4. The van der Waals surface area contributed by atoms with E-state index >= 15 is 0 Å². The van der Waals surface area contributed by atoms with Crippen molar-refractivity contribution in [3.63, 3.8) is 0 Å². The number of thiazole rings is 1. The Kier molecular flexibility index (Phi) is 6.88. The average molecular weight is 593 g/mol. The highest BCUT2D eigenvalue weighted by atomic mass is 35.5. The standard InChI is InChI=1S/C28H25ClN6O5S/c1-14-8-16(23-18(9-14)32-21(37-5)12-31-23)27-33-24-17(29)10-19-25(26(24)41-27)38-13-22(39-19)40-28(36)35(4)15-6-7-20(30-11-15)34(2)3/h6-12,22H,13H2,1-5H3/t22-/m1/s1. The minimum atomic E-state index is -0.974. The molecule has 0 radical (unpaired) electrons. The van der Waals surface area contributed by atoms with Crippen LogP contribution in [0.5, 0.6) is 17.4 Å². The van der Waals surface area contributed by atoms with E-state index in [1.165, 1.54) is 16.2 Å². The van der Waals surface area contributed by atoms with E-state index in [1.54, 1.807) is 38.7 Å². The minimum absolute atomic E-state index is 0.00694. The lowest BCUT2D eigenvalue weighted by Crippen LogP contribution is -2.38. The molecule has 0 saturated heterocycles. The molecule has 1 atom stereocenters. The van der Waals surface area contributed by atoms with Crippen molar-refractivity contribution in [1.29, 1.82) is 0 Å². The number of carbonyl (C=O) groups excluding carboxylic acids is 1. The highest BCUT2D eigenvalue weighted by molar-refractivity contribution is 7.22. The van der Waals surface area contributed by atoms with Gasteiger partial charge in [-0.05, 0) is 36.8 Å². The zero-order valence-corrected chi connectivity index (χ0v) is 24.4. The highest BCUT2D eigenvalue weighted by Crippen LogP contribution is 2.47. The van der Waals surface area contributed by atoms with Gasteiger partial charge in [-0.1, -0.05) is 11.6 Å². The molecule has 41 heavy (non-hydrogen) atoms. The molecule has 0 spiro atoms. The van der Waals surface area contributed by atoms with Crippen molar-refractivity contribution in [2.24, 2.45) is 0 Å². The molecule has 0 bridgehead atoms. The van der Waals surface area contributed by atoms with Crippen LogP contribution in [0.4, 0.5) is 16.3 Å². The number of anilines is 2. The maximum absolute atomic E-state index is 12.8. The number of hydrogen-bond donors (Lipinski definition) is 0. The topological polar surface area (TPSA) is 112 Å². The van der Waals surface area contributed by atoms with Crippen molar-refractivity contribution in [2.45, 2.75) is 13.2 Å². The predicted molar refractivity (Wildman–Crippen MR) is 158 cm³/mol. The van der Waals surface area contributed by atoms with Crippen LogP contribution >= 0.6 is 22.9 Å². The molecule has 0 aliphatic carbocycles. The van der Waals surface area contributed by atoms with Crippen LogP contribution in [0, 0.1) is 6.92 Å². The molecule has 3 aromatic heterocycles. The number of nitrogens with zero attached hydrogens (tertiary/aromatic N) is 6. The van der Waals surface area contributed by atoms with Gasteiger partial charge in [-0.15, -0.1) is 11.3 Å². The van der Waals surface area contributed by atoms with Gasteiger partial charge >= 0.3 is 6.09 Å². The summed E-state index contributed by atoms with van der Waals surface area (Å²) in [4.78, 5) is 34.3. The number of benzene rings is 2. The van der Waals surface area contributed by atoms with Gasteiger partial charge in [0.05, 0.1) is 41.2 Å². The van der Waals surface area contributed by atoms with Gasteiger partial charge in [0.25, 0.3) is 6.29 Å². The van der Waals surface area contributed by atoms with Crippen molar-refractivity contribution in [2.75, 3.05) is 44.7 Å².